The van der Waals surface area contributed by atoms with Crippen molar-refractivity contribution in [2.24, 2.45) is 5.41 Å². The van der Waals surface area contributed by atoms with Gasteiger partial charge in [-0.05, 0) is 20.8 Å². The molecule has 0 saturated carbocycles. The molecule has 6 N–H and O–H groups in total. The van der Waals surface area contributed by atoms with Crippen LogP contribution in [-0.2, 0) is 50.8 Å². The van der Waals surface area contributed by atoms with Gasteiger partial charge in [-0.2, -0.15) is 0 Å². The van der Waals surface area contributed by atoms with E-state index in [0.29, 0.717) is 0 Å². The summed E-state index contributed by atoms with van der Waals surface area (Å²) in [6.45, 7) is 2.04. The molecule has 0 spiro atoms. The number of imidazole rings is 2. The summed E-state index contributed by atoms with van der Waals surface area (Å²) in [4.78, 5) is 47.4. The first kappa shape index (κ1) is 36.6. The molecule has 3 aliphatic heterocycles. The smallest absolute Gasteiger partial charge is 0.437 e. The monoisotopic (exact) mass is 774 g/mol. The van der Waals surface area contributed by atoms with Crippen LogP contribution in [0.25, 0.3) is 22.3 Å². The molecule has 282 valence electrons. The number of esters is 1. The molecular formula is C26H33FN10O13P2. The number of aromatic nitrogens is 8. The number of nitrogen functional groups attached to an aromatic ring is 2. The van der Waals surface area contributed by atoms with Crippen LogP contribution in [-0.4, -0.2) is 112 Å². The van der Waals surface area contributed by atoms with Gasteiger partial charge in [-0.3, -0.25) is 32.0 Å². The number of carbonyl (C=O) groups is 1. The zero-order chi connectivity index (χ0) is 37.2. The Hall–Kier alpha value is -3.80. The molecule has 3 saturated heterocycles. The highest BCUT2D eigenvalue weighted by Gasteiger charge is 2.55. The fourth-order valence-electron chi connectivity index (χ4n) is 5.61. The van der Waals surface area contributed by atoms with Gasteiger partial charge < -0.3 is 35.7 Å². The van der Waals surface area contributed by atoms with E-state index in [9.17, 15) is 23.9 Å². The number of aliphatic hydroxyl groups is 1. The number of halogens is 1. The Kier molecular flexibility index (Phi) is 9.53. The van der Waals surface area contributed by atoms with Crippen molar-refractivity contribution in [1.29, 1.82) is 0 Å². The van der Waals surface area contributed by atoms with E-state index in [1.807, 2.05) is 0 Å². The number of phosphoric ester groups is 2. The van der Waals surface area contributed by atoms with E-state index in [2.05, 4.69) is 29.9 Å². The fraction of sp³-hybridized carbons (Fsp3) is 0.577. The van der Waals surface area contributed by atoms with Crippen LogP contribution in [0.1, 0.15) is 33.2 Å². The highest BCUT2D eigenvalue weighted by atomic mass is 31.2. The van der Waals surface area contributed by atoms with Gasteiger partial charge in [-0.25, -0.2) is 47.9 Å². The summed E-state index contributed by atoms with van der Waals surface area (Å²) in [5.74, 6) is -0.738. The number of carbonyl (C=O) groups excluding carboxylic acids is 1. The number of nitrogens with two attached hydrogens (primary N) is 2. The van der Waals surface area contributed by atoms with Crippen LogP contribution in [0.4, 0.5) is 16.0 Å². The van der Waals surface area contributed by atoms with E-state index in [4.69, 9.17) is 48.3 Å². The molecule has 0 aliphatic carbocycles. The number of aliphatic hydroxyl groups excluding tert-OH is 1. The van der Waals surface area contributed by atoms with E-state index >= 15 is 4.39 Å². The third kappa shape index (κ3) is 6.87. The largest absolute Gasteiger partial charge is 0.478 e. The van der Waals surface area contributed by atoms with Crippen molar-refractivity contribution in [1.82, 2.24) is 39.0 Å². The minimum Gasteiger partial charge on any atom is -0.437 e. The first-order valence-electron chi connectivity index (χ1n) is 15.4. The van der Waals surface area contributed by atoms with Crippen LogP contribution in [0.15, 0.2) is 25.3 Å². The maximum Gasteiger partial charge on any atom is 0.478 e. The molecule has 0 radical (unpaired) electrons. The number of anilines is 2. The van der Waals surface area contributed by atoms with Crippen molar-refractivity contribution < 1.29 is 65.1 Å². The van der Waals surface area contributed by atoms with E-state index in [0.717, 1.165) is 23.5 Å². The molecule has 3 fully saturated rings. The molecular weight excluding hydrogens is 741 g/mol. The Morgan fingerprint density at radius 2 is 1.48 bits per heavy atom. The Morgan fingerprint density at radius 3 is 2.10 bits per heavy atom. The predicted molar refractivity (Wildman–Crippen MR) is 169 cm³/mol. The molecule has 10 atom stereocenters. The Labute approximate surface area is 291 Å². The van der Waals surface area contributed by atoms with Crippen molar-refractivity contribution >= 4 is 55.6 Å². The molecule has 0 aromatic carbocycles. The molecule has 8 unspecified atom stereocenters. The van der Waals surface area contributed by atoms with Crippen molar-refractivity contribution in [3.8, 4) is 0 Å². The van der Waals surface area contributed by atoms with Crippen LogP contribution in [0, 0.1) is 5.41 Å². The van der Waals surface area contributed by atoms with Crippen molar-refractivity contribution in [2.75, 3.05) is 31.5 Å². The molecule has 26 heteroatoms. The summed E-state index contributed by atoms with van der Waals surface area (Å²) < 4.78 is 90.6. The SMILES string of the molecule is CC(C)(C)C(=O)OCOP1(=O)OCC2OC(n3cnc4c(N)ncnc43)C(F)C2OP(=O)(O)OC[C@H]2O[C@@H](n3cnc4c(N)ncnc43)C(O1)C2O. The first-order chi connectivity index (χ1) is 24.6. The van der Waals surface area contributed by atoms with Crippen LogP contribution in [0.3, 0.4) is 0 Å². The second-order valence-electron chi connectivity index (χ2n) is 12.8. The maximum absolute atomic E-state index is 16.2. The van der Waals surface area contributed by atoms with Gasteiger partial charge >= 0.3 is 21.6 Å². The molecule has 7 heterocycles. The topological polar surface area (TPSA) is 305 Å². The van der Waals surface area contributed by atoms with Crippen molar-refractivity contribution in [3.63, 3.8) is 0 Å². The van der Waals surface area contributed by atoms with Gasteiger partial charge in [0.2, 0.25) is 6.79 Å². The number of hydrogen-bond donors (Lipinski definition) is 4. The standard InChI is InChI=1S/C26H33FN10O13P2/c1-26(2,3)25(39)43-10-46-52(42)45-5-12-17(13(27)23(48-12)36-8-34-14-19(28)30-6-32-21(14)36)49-51(40,41)44-4-11-16(38)18(50-52)24(47-11)37-9-35-15-20(29)31-7-33-22(15)37/h6-9,11-13,16-18,23-24,38H,4-5,10H2,1-3H3,(H,40,41)(H2,28,30,32)(H2,29,31,33)/t11-,12?,13?,16?,17?,18?,23?,24-,52?/m1/s1. The van der Waals surface area contributed by atoms with Crippen molar-refractivity contribution in [3.05, 3.63) is 25.3 Å². The highest BCUT2D eigenvalue weighted by molar-refractivity contribution is 7.48. The van der Waals surface area contributed by atoms with E-state index in [1.54, 1.807) is 20.8 Å². The molecule has 4 aromatic heterocycles. The molecule has 7 rings (SSSR count). The van der Waals surface area contributed by atoms with E-state index in [1.165, 1.54) is 10.9 Å². The van der Waals surface area contributed by atoms with Crippen LogP contribution in [0.2, 0.25) is 0 Å². The lowest BCUT2D eigenvalue weighted by Crippen LogP contribution is -2.36. The summed E-state index contributed by atoms with van der Waals surface area (Å²) in [6, 6.07) is 0. The number of rotatable bonds is 5. The highest BCUT2D eigenvalue weighted by Crippen LogP contribution is 2.56. The normalized spacial score (nSPS) is 34.4. The average Bonchev–Trinajstić information content (AvgIpc) is 3.84. The van der Waals surface area contributed by atoms with Gasteiger partial charge in [-0.1, -0.05) is 0 Å². The summed E-state index contributed by atoms with van der Waals surface area (Å²) in [7, 11) is -10.2. The Balaban J connectivity index is 1.23. The lowest BCUT2D eigenvalue weighted by atomic mass is 9.98. The number of nitrogens with zero attached hydrogens (tertiary/aromatic N) is 8. The quantitative estimate of drug-likeness (QED) is 0.124. The zero-order valence-electron chi connectivity index (χ0n) is 27.4. The third-order valence-corrected chi connectivity index (χ3v) is 10.6. The van der Waals surface area contributed by atoms with Gasteiger partial charge in [-0.15, -0.1) is 0 Å². The number of hydrogen-bond acceptors (Lipinski definition) is 20. The lowest BCUT2D eigenvalue weighted by Gasteiger charge is -2.27. The Bertz CT molecular complexity index is 2080. The number of phosphoric acid groups is 2. The summed E-state index contributed by atoms with van der Waals surface area (Å²) >= 11 is 0. The molecule has 0 amide bonds. The van der Waals surface area contributed by atoms with Gasteiger partial charge in [0.1, 0.15) is 54.2 Å². The summed E-state index contributed by atoms with van der Waals surface area (Å²) in [5.41, 5.74) is 11.2. The van der Waals surface area contributed by atoms with Gasteiger partial charge in [0.15, 0.2) is 41.6 Å². The summed E-state index contributed by atoms with van der Waals surface area (Å²) in [6.07, 6.45) is -9.04. The number of fused-ring (bicyclic) bond motifs is 5. The zero-order valence-corrected chi connectivity index (χ0v) is 29.2. The average molecular weight is 775 g/mol. The molecule has 4 aromatic rings. The lowest BCUT2D eigenvalue weighted by molar-refractivity contribution is -0.161. The van der Waals surface area contributed by atoms with Crippen LogP contribution >= 0.6 is 15.6 Å². The van der Waals surface area contributed by atoms with Gasteiger partial charge in [0.05, 0.1) is 31.3 Å². The fourth-order valence-corrected chi connectivity index (χ4v) is 7.80. The maximum atomic E-state index is 16.2. The predicted octanol–water partition coefficient (Wildman–Crippen LogP) is 0.914. The van der Waals surface area contributed by atoms with Crippen molar-refractivity contribution in [2.45, 2.75) is 69.9 Å². The minimum absolute atomic E-state index is 0.00750. The van der Waals surface area contributed by atoms with Crippen LogP contribution < -0.4 is 11.5 Å². The van der Waals surface area contributed by atoms with Crippen LogP contribution in [0.5, 0.6) is 0 Å². The number of ether oxygens (including phenoxy) is 3. The third-order valence-electron chi connectivity index (χ3n) is 8.22. The number of alkyl halides is 1. The minimum atomic E-state index is -5.17. The molecule has 52 heavy (non-hydrogen) atoms. The molecule has 3 aliphatic rings. The van der Waals surface area contributed by atoms with E-state index < -0.39 is 96.2 Å². The van der Waals surface area contributed by atoms with Gasteiger partial charge in [0.25, 0.3) is 0 Å². The van der Waals surface area contributed by atoms with E-state index in [-0.39, 0.29) is 34.0 Å². The molecule has 23 nitrogen and oxygen atoms in total. The van der Waals surface area contributed by atoms with Gasteiger partial charge in [0, 0.05) is 0 Å². The second kappa shape index (κ2) is 13.6. The first-order valence-corrected chi connectivity index (χ1v) is 18.4. The second-order valence-corrected chi connectivity index (χ2v) is 15.8. The molecule has 2 bridgehead atoms. The Morgan fingerprint density at radius 1 is 0.904 bits per heavy atom. The summed E-state index contributed by atoms with van der Waals surface area (Å²) in [5, 5.41) is 11.4.